The largest absolute Gasteiger partial charge is 0.370 e. The van der Waals surface area contributed by atoms with Crippen molar-refractivity contribution >= 4 is 17.3 Å². The van der Waals surface area contributed by atoms with E-state index in [1.54, 1.807) is 0 Å². The number of nitro benzene ring substituents is 1. The van der Waals surface area contributed by atoms with E-state index in [4.69, 9.17) is 10.5 Å². The Labute approximate surface area is 106 Å². The molecule has 9 heteroatoms. The maximum atomic E-state index is 13.3. The van der Waals surface area contributed by atoms with Gasteiger partial charge in [-0.25, -0.2) is 4.39 Å². The van der Waals surface area contributed by atoms with E-state index in [1.165, 1.54) is 0 Å². The fraction of sp³-hybridized carbons (Fsp3) is 0.300. The number of nitrogens with zero attached hydrogens (tertiary/aromatic N) is 1. The molecule has 1 rings (SSSR count). The molecule has 0 saturated carbocycles. The van der Waals surface area contributed by atoms with Gasteiger partial charge in [-0.05, 0) is 0 Å². The summed E-state index contributed by atoms with van der Waals surface area (Å²) < 4.78 is 31.1. The zero-order valence-electron chi connectivity index (χ0n) is 9.69. The van der Waals surface area contributed by atoms with Crippen molar-refractivity contribution in [1.29, 1.82) is 0 Å². The summed E-state index contributed by atoms with van der Waals surface area (Å²) in [5.41, 5.74) is 3.71. The van der Waals surface area contributed by atoms with Gasteiger partial charge in [-0.2, -0.15) is 4.39 Å². The summed E-state index contributed by atoms with van der Waals surface area (Å²) in [6.45, 7) is -0.0368. The Balaban J connectivity index is 2.80. The minimum Gasteiger partial charge on any atom is -0.370 e. The third-order valence-corrected chi connectivity index (χ3v) is 2.00. The van der Waals surface area contributed by atoms with Crippen LogP contribution in [0, 0.1) is 21.7 Å². The van der Waals surface area contributed by atoms with Gasteiger partial charge in [0.1, 0.15) is 12.4 Å². The van der Waals surface area contributed by atoms with Gasteiger partial charge in [0.2, 0.25) is 11.7 Å². The van der Waals surface area contributed by atoms with E-state index in [2.05, 4.69) is 0 Å². The maximum absolute atomic E-state index is 13.3. The van der Waals surface area contributed by atoms with Crippen molar-refractivity contribution in [2.75, 3.05) is 25.1 Å². The molecule has 0 atom stereocenters. The number of nitro groups is 1. The molecule has 0 fully saturated rings. The molecule has 0 aliphatic heterocycles. The number of ether oxygens (including phenoxy) is 1. The van der Waals surface area contributed by atoms with Crippen molar-refractivity contribution in [2.24, 2.45) is 5.73 Å². The van der Waals surface area contributed by atoms with Crippen LogP contribution in [0.5, 0.6) is 0 Å². The molecule has 0 radical (unpaired) electrons. The minimum atomic E-state index is -1.32. The molecule has 3 N–H and O–H groups in total. The molecule has 1 aromatic carbocycles. The molecule has 1 aromatic rings. The molecule has 0 heterocycles. The molecule has 0 aromatic heterocycles. The smallest absolute Gasteiger partial charge is 0.307 e. The highest BCUT2D eigenvalue weighted by atomic mass is 19.1. The van der Waals surface area contributed by atoms with Crippen LogP contribution < -0.4 is 11.1 Å². The van der Waals surface area contributed by atoms with Crippen LogP contribution in [0.1, 0.15) is 0 Å². The van der Waals surface area contributed by atoms with Gasteiger partial charge < -0.3 is 15.8 Å². The van der Waals surface area contributed by atoms with E-state index < -0.39 is 33.8 Å². The van der Waals surface area contributed by atoms with Crippen LogP contribution in [0.2, 0.25) is 0 Å². The lowest BCUT2D eigenvalue weighted by atomic mass is 10.2. The first-order valence-electron chi connectivity index (χ1n) is 5.16. The summed E-state index contributed by atoms with van der Waals surface area (Å²) in [7, 11) is 0. The van der Waals surface area contributed by atoms with Crippen LogP contribution in [0.15, 0.2) is 12.1 Å². The average Bonchev–Trinajstić information content (AvgIpc) is 2.32. The summed E-state index contributed by atoms with van der Waals surface area (Å²) in [6, 6.07) is 0.931. The number of carbonyl (C=O) groups excluding carboxylic acids is 1. The minimum absolute atomic E-state index is 0.138. The van der Waals surface area contributed by atoms with Crippen molar-refractivity contribution in [3.63, 3.8) is 0 Å². The van der Waals surface area contributed by atoms with Crippen LogP contribution >= 0.6 is 0 Å². The molecule has 0 bridgehead atoms. The van der Waals surface area contributed by atoms with Gasteiger partial charge in [0, 0.05) is 18.7 Å². The number of nitrogens with one attached hydrogen (secondary N) is 1. The molecular weight excluding hydrogens is 264 g/mol. The highest BCUT2D eigenvalue weighted by Gasteiger charge is 2.19. The molecule has 7 nitrogen and oxygen atoms in total. The molecule has 0 spiro atoms. The molecule has 0 aliphatic rings. The summed E-state index contributed by atoms with van der Waals surface area (Å²) >= 11 is 0. The first-order valence-corrected chi connectivity index (χ1v) is 5.16. The molecule has 0 unspecified atom stereocenters. The van der Waals surface area contributed by atoms with E-state index in [0.29, 0.717) is 12.1 Å². The predicted molar refractivity (Wildman–Crippen MR) is 61.5 cm³/mol. The third-order valence-electron chi connectivity index (χ3n) is 2.00. The van der Waals surface area contributed by atoms with Crippen LogP contribution in [0.4, 0.5) is 20.2 Å². The van der Waals surface area contributed by atoms with Gasteiger partial charge in [-0.3, -0.25) is 14.9 Å². The van der Waals surface area contributed by atoms with Gasteiger partial charge in [0.25, 0.3) is 0 Å². The number of hydrogen-bond donors (Lipinski definition) is 2. The lowest BCUT2D eigenvalue weighted by Gasteiger charge is -2.07. The number of carbonyl (C=O) groups is 1. The van der Waals surface area contributed by atoms with Crippen molar-refractivity contribution in [3.8, 4) is 0 Å². The predicted octanol–water partition coefficient (Wildman–Crippen LogP) is 0.787. The fourth-order valence-corrected chi connectivity index (χ4v) is 1.21. The van der Waals surface area contributed by atoms with Gasteiger partial charge in [0.15, 0.2) is 0 Å². The van der Waals surface area contributed by atoms with E-state index in [0.717, 1.165) is 0 Å². The number of benzene rings is 1. The molecule has 0 aliphatic carbocycles. The summed E-state index contributed by atoms with van der Waals surface area (Å²) in [5.74, 6) is -3.16. The number of rotatable bonds is 6. The average molecular weight is 275 g/mol. The number of nitrogens with two attached hydrogens (primary N) is 1. The van der Waals surface area contributed by atoms with Crippen LogP contribution in [-0.4, -0.2) is 30.6 Å². The molecule has 19 heavy (non-hydrogen) atoms. The highest BCUT2D eigenvalue weighted by molar-refractivity contribution is 5.92. The zero-order valence-corrected chi connectivity index (χ0v) is 9.69. The Morgan fingerprint density at radius 2 is 2.11 bits per heavy atom. The number of anilines is 1. The van der Waals surface area contributed by atoms with Gasteiger partial charge in [-0.15, -0.1) is 0 Å². The Kier molecular flexibility index (Phi) is 5.27. The molecule has 0 saturated heterocycles. The third kappa shape index (κ3) is 4.23. The second-order valence-corrected chi connectivity index (χ2v) is 3.43. The molecule has 1 amide bonds. The standard InChI is InChI=1S/C10H11F2N3O4/c11-6-3-7(12)9(15(17)18)4-8(6)14-10(16)5-19-2-1-13/h3-4H,1-2,5,13H2,(H,14,16). The van der Waals surface area contributed by atoms with Crippen molar-refractivity contribution < 1.29 is 23.2 Å². The Hall–Kier alpha value is -2.13. The van der Waals surface area contributed by atoms with E-state index in [1.807, 2.05) is 5.32 Å². The summed E-state index contributed by atoms with van der Waals surface area (Å²) in [5, 5.41) is 12.5. The first kappa shape index (κ1) is 14.9. The van der Waals surface area contributed by atoms with E-state index in [9.17, 15) is 23.7 Å². The first-order chi connectivity index (χ1) is 8.95. The maximum Gasteiger partial charge on any atom is 0.307 e. The Morgan fingerprint density at radius 1 is 1.42 bits per heavy atom. The van der Waals surface area contributed by atoms with E-state index in [-0.39, 0.29) is 19.8 Å². The quantitative estimate of drug-likeness (QED) is 0.453. The topological polar surface area (TPSA) is 107 Å². The van der Waals surface area contributed by atoms with Gasteiger partial charge >= 0.3 is 5.69 Å². The number of hydrogen-bond acceptors (Lipinski definition) is 5. The molecular formula is C10H11F2N3O4. The number of halogens is 2. The lowest BCUT2D eigenvalue weighted by Crippen LogP contribution is -2.21. The van der Waals surface area contributed by atoms with Crippen molar-refractivity contribution in [3.05, 3.63) is 33.9 Å². The second kappa shape index (κ2) is 6.71. The van der Waals surface area contributed by atoms with Crippen LogP contribution in [-0.2, 0) is 9.53 Å². The molecule has 104 valence electrons. The fourth-order valence-electron chi connectivity index (χ4n) is 1.21. The van der Waals surface area contributed by atoms with Crippen LogP contribution in [0.25, 0.3) is 0 Å². The summed E-state index contributed by atoms with van der Waals surface area (Å²) in [4.78, 5) is 20.8. The number of amides is 1. The van der Waals surface area contributed by atoms with Crippen LogP contribution in [0.3, 0.4) is 0 Å². The van der Waals surface area contributed by atoms with Gasteiger partial charge in [0.05, 0.1) is 17.2 Å². The summed E-state index contributed by atoms with van der Waals surface area (Å²) in [6.07, 6.45) is 0. The highest BCUT2D eigenvalue weighted by Crippen LogP contribution is 2.24. The van der Waals surface area contributed by atoms with Crippen molar-refractivity contribution in [1.82, 2.24) is 0 Å². The van der Waals surface area contributed by atoms with Gasteiger partial charge in [-0.1, -0.05) is 0 Å². The van der Waals surface area contributed by atoms with Crippen molar-refractivity contribution in [2.45, 2.75) is 0 Å². The monoisotopic (exact) mass is 275 g/mol. The Bertz CT molecular complexity index is 496. The Morgan fingerprint density at radius 3 is 2.68 bits per heavy atom. The van der Waals surface area contributed by atoms with E-state index >= 15 is 0 Å². The second-order valence-electron chi connectivity index (χ2n) is 3.43. The lowest BCUT2D eigenvalue weighted by molar-refractivity contribution is -0.387. The SMILES string of the molecule is NCCOCC(=O)Nc1cc([N+](=O)[O-])c(F)cc1F. The zero-order chi connectivity index (χ0) is 14.4. The normalized spacial score (nSPS) is 10.3.